The third kappa shape index (κ3) is 6.93. The summed E-state index contributed by atoms with van der Waals surface area (Å²) in [7, 11) is 0. The number of ether oxygens (including phenoxy) is 3. The van der Waals surface area contributed by atoms with Crippen molar-refractivity contribution < 1.29 is 14.2 Å². The van der Waals surface area contributed by atoms with Crippen LogP contribution in [0.15, 0.2) is 42.6 Å². The number of piperidine rings is 1. The molecular weight excluding hydrogens is 442 g/mol. The van der Waals surface area contributed by atoms with Crippen LogP contribution in [-0.2, 0) is 16.1 Å². The summed E-state index contributed by atoms with van der Waals surface area (Å²) in [4.78, 5) is 14.1. The van der Waals surface area contributed by atoms with E-state index in [1.165, 1.54) is 25.9 Å². The molecule has 2 saturated heterocycles. The first-order valence-corrected chi connectivity index (χ1v) is 13.0. The molecule has 8 nitrogen and oxygen atoms in total. The second kappa shape index (κ2) is 12.3. The van der Waals surface area contributed by atoms with Crippen LogP contribution >= 0.6 is 0 Å². The lowest BCUT2D eigenvalue weighted by Gasteiger charge is -2.32. The second-order valence-corrected chi connectivity index (χ2v) is 9.54. The SMILES string of the molecule is C1=C/COCC2CCN(CC2)c2ccnc(n2)Nc2ccc(OCCN3CCCC3)c(c2)COC/1. The zero-order valence-corrected chi connectivity index (χ0v) is 20.5. The third-order valence-corrected chi connectivity index (χ3v) is 6.97. The van der Waals surface area contributed by atoms with Crippen molar-refractivity contribution in [1.82, 2.24) is 14.9 Å². The summed E-state index contributed by atoms with van der Waals surface area (Å²) in [6.45, 7) is 8.41. The Morgan fingerprint density at radius 3 is 2.69 bits per heavy atom. The van der Waals surface area contributed by atoms with E-state index >= 15 is 0 Å². The van der Waals surface area contributed by atoms with Crippen molar-refractivity contribution in [2.75, 3.05) is 69.4 Å². The van der Waals surface area contributed by atoms with E-state index in [2.05, 4.69) is 32.2 Å². The standard InChI is InChI=1S/C27H37N5O3/c1-2-12-31(11-1)15-18-35-25-6-5-24-19-23(25)21-34-17-4-3-16-33-20-22-8-13-32(14-9-22)26-7-10-28-27(29-24)30-26/h3-7,10,19,22H,1-2,8-9,11-18,20-21H2,(H,28,29,30)/b4-3+. The topological polar surface area (TPSA) is 72.0 Å². The molecule has 1 aromatic carbocycles. The Hall–Kier alpha value is -2.68. The van der Waals surface area contributed by atoms with Crippen molar-refractivity contribution in [3.05, 3.63) is 48.2 Å². The van der Waals surface area contributed by atoms with Gasteiger partial charge in [0.2, 0.25) is 5.95 Å². The first-order valence-electron chi connectivity index (χ1n) is 13.0. The predicted molar refractivity (Wildman–Crippen MR) is 137 cm³/mol. The summed E-state index contributed by atoms with van der Waals surface area (Å²) in [6.07, 6.45) is 10.7. The molecule has 6 rings (SSSR count). The van der Waals surface area contributed by atoms with Gasteiger partial charge in [-0.3, -0.25) is 4.90 Å². The minimum Gasteiger partial charge on any atom is -0.492 e. The quantitative estimate of drug-likeness (QED) is 0.660. The molecule has 1 N–H and O–H groups in total. The second-order valence-electron chi connectivity index (χ2n) is 9.54. The first kappa shape index (κ1) is 24.0. The molecule has 0 atom stereocenters. The van der Waals surface area contributed by atoms with Crippen LogP contribution < -0.4 is 15.0 Å². The summed E-state index contributed by atoms with van der Waals surface area (Å²) < 4.78 is 18.0. The fraction of sp³-hybridized carbons (Fsp3) is 0.556. The van der Waals surface area contributed by atoms with Gasteiger partial charge in [0.05, 0.1) is 19.8 Å². The molecule has 0 unspecified atom stereocenters. The Morgan fingerprint density at radius 1 is 1.00 bits per heavy atom. The van der Waals surface area contributed by atoms with Gasteiger partial charge < -0.3 is 24.4 Å². The minimum atomic E-state index is 0.469. The summed E-state index contributed by atoms with van der Waals surface area (Å²) >= 11 is 0. The van der Waals surface area contributed by atoms with Crippen molar-refractivity contribution in [2.24, 2.45) is 5.92 Å². The van der Waals surface area contributed by atoms with Crippen LogP contribution in [0.4, 0.5) is 17.5 Å². The number of anilines is 3. The smallest absolute Gasteiger partial charge is 0.229 e. The summed E-state index contributed by atoms with van der Waals surface area (Å²) in [5, 5.41) is 3.38. The summed E-state index contributed by atoms with van der Waals surface area (Å²) in [5.74, 6) is 3.03. The highest BCUT2D eigenvalue weighted by Crippen LogP contribution is 2.27. The Bertz CT molecular complexity index is 971. The van der Waals surface area contributed by atoms with E-state index in [1.807, 2.05) is 30.5 Å². The lowest BCUT2D eigenvalue weighted by molar-refractivity contribution is 0.110. The molecule has 0 spiro atoms. The molecule has 8 heteroatoms. The van der Waals surface area contributed by atoms with Gasteiger partial charge in [0.1, 0.15) is 18.2 Å². The van der Waals surface area contributed by atoms with Gasteiger partial charge in [-0.25, -0.2) is 4.98 Å². The lowest BCUT2D eigenvalue weighted by atomic mass is 9.98. The fourth-order valence-corrected chi connectivity index (χ4v) is 4.92. The molecule has 35 heavy (non-hydrogen) atoms. The van der Waals surface area contributed by atoms with Gasteiger partial charge in [-0.1, -0.05) is 12.2 Å². The van der Waals surface area contributed by atoms with Crippen LogP contribution in [0.3, 0.4) is 0 Å². The van der Waals surface area contributed by atoms with Crippen molar-refractivity contribution in [1.29, 1.82) is 0 Å². The molecule has 0 aliphatic carbocycles. The highest BCUT2D eigenvalue weighted by Gasteiger charge is 2.21. The number of likely N-dealkylation sites (tertiary alicyclic amines) is 1. The number of aromatic nitrogens is 2. The molecule has 5 heterocycles. The maximum absolute atomic E-state index is 6.18. The summed E-state index contributed by atoms with van der Waals surface area (Å²) in [5.41, 5.74) is 1.94. The highest BCUT2D eigenvalue weighted by atomic mass is 16.5. The molecule has 4 aliphatic heterocycles. The number of hydrogen-bond acceptors (Lipinski definition) is 8. The van der Waals surface area contributed by atoms with Crippen LogP contribution in [0.5, 0.6) is 5.75 Å². The van der Waals surface area contributed by atoms with Crippen LogP contribution in [0.1, 0.15) is 31.2 Å². The van der Waals surface area contributed by atoms with Gasteiger partial charge >= 0.3 is 0 Å². The van der Waals surface area contributed by atoms with E-state index in [-0.39, 0.29) is 0 Å². The highest BCUT2D eigenvalue weighted by molar-refractivity contribution is 5.58. The van der Waals surface area contributed by atoms with Crippen molar-refractivity contribution >= 4 is 17.5 Å². The van der Waals surface area contributed by atoms with E-state index < -0.39 is 0 Å². The molecule has 6 bridgehead atoms. The maximum atomic E-state index is 6.18. The number of rotatable bonds is 4. The van der Waals surface area contributed by atoms with Gasteiger partial charge in [0.15, 0.2) is 0 Å². The monoisotopic (exact) mass is 479 g/mol. The van der Waals surface area contributed by atoms with Gasteiger partial charge in [-0.05, 0) is 69.0 Å². The maximum Gasteiger partial charge on any atom is 0.229 e. The normalized spacial score (nSPS) is 21.1. The summed E-state index contributed by atoms with van der Waals surface area (Å²) in [6, 6.07) is 8.11. The van der Waals surface area contributed by atoms with Crippen molar-refractivity contribution in [3.8, 4) is 5.75 Å². The van der Waals surface area contributed by atoms with Crippen molar-refractivity contribution in [3.63, 3.8) is 0 Å². The third-order valence-electron chi connectivity index (χ3n) is 6.97. The number of fused-ring (bicyclic) bond motifs is 8. The Morgan fingerprint density at radius 2 is 1.83 bits per heavy atom. The zero-order valence-electron chi connectivity index (χ0n) is 20.5. The fourth-order valence-electron chi connectivity index (χ4n) is 4.92. The molecule has 2 aromatic rings. The largest absolute Gasteiger partial charge is 0.492 e. The molecule has 0 amide bonds. The molecular formula is C27H37N5O3. The minimum absolute atomic E-state index is 0.469. The van der Waals surface area contributed by atoms with Crippen LogP contribution in [0, 0.1) is 5.92 Å². The van der Waals surface area contributed by atoms with Gasteiger partial charge in [0, 0.05) is 43.7 Å². The van der Waals surface area contributed by atoms with E-state index in [0.717, 1.165) is 61.9 Å². The molecule has 1 aromatic heterocycles. The van der Waals surface area contributed by atoms with E-state index in [4.69, 9.17) is 19.2 Å². The average Bonchev–Trinajstić information content (AvgIpc) is 3.40. The van der Waals surface area contributed by atoms with Crippen LogP contribution in [0.2, 0.25) is 0 Å². The van der Waals surface area contributed by atoms with Gasteiger partial charge in [-0.2, -0.15) is 4.98 Å². The molecule has 0 saturated carbocycles. The Labute approximate surface area is 208 Å². The molecule has 2 fully saturated rings. The molecule has 0 radical (unpaired) electrons. The molecule has 188 valence electrons. The Balaban J connectivity index is 1.31. The first-order chi connectivity index (χ1) is 17.3. The van der Waals surface area contributed by atoms with Gasteiger partial charge in [-0.15, -0.1) is 0 Å². The number of nitrogens with zero attached hydrogens (tertiary/aromatic N) is 4. The van der Waals surface area contributed by atoms with Crippen molar-refractivity contribution in [2.45, 2.75) is 32.3 Å². The predicted octanol–water partition coefficient (Wildman–Crippen LogP) is 4.01. The average molecular weight is 480 g/mol. The van der Waals surface area contributed by atoms with E-state index in [0.29, 0.717) is 38.3 Å². The lowest BCUT2D eigenvalue weighted by Crippen LogP contribution is -2.35. The van der Waals surface area contributed by atoms with E-state index in [9.17, 15) is 0 Å². The number of nitrogens with one attached hydrogen (secondary N) is 1. The molecule has 4 aliphatic rings. The van der Waals surface area contributed by atoms with E-state index in [1.54, 1.807) is 0 Å². The van der Waals surface area contributed by atoms with Crippen LogP contribution in [0.25, 0.3) is 0 Å². The zero-order chi connectivity index (χ0) is 23.7. The van der Waals surface area contributed by atoms with Crippen LogP contribution in [-0.4, -0.2) is 74.0 Å². The number of hydrogen-bond donors (Lipinski definition) is 1. The Kier molecular flexibility index (Phi) is 8.47. The number of benzene rings is 1. The van der Waals surface area contributed by atoms with Gasteiger partial charge in [0.25, 0.3) is 0 Å².